The van der Waals surface area contributed by atoms with E-state index < -0.39 is 0 Å². The van der Waals surface area contributed by atoms with Crippen molar-refractivity contribution in [2.45, 2.75) is 64.8 Å². The quantitative estimate of drug-likeness (QED) is 0.881. The maximum atomic E-state index is 12.0. The molecule has 0 spiro atoms. The average Bonchev–Trinajstić information content (AvgIpc) is 2.42. The molecule has 0 saturated heterocycles. The van der Waals surface area contributed by atoms with Crippen LogP contribution in [-0.2, 0) is 4.79 Å². The van der Waals surface area contributed by atoms with Crippen molar-refractivity contribution in [1.29, 1.82) is 0 Å². The van der Waals surface area contributed by atoms with Gasteiger partial charge in [0.1, 0.15) is 0 Å². The smallest absolute Gasteiger partial charge is 0.238 e. The van der Waals surface area contributed by atoms with Crippen LogP contribution in [0.25, 0.3) is 0 Å². The van der Waals surface area contributed by atoms with Gasteiger partial charge in [0, 0.05) is 11.7 Å². The van der Waals surface area contributed by atoms with Gasteiger partial charge in [0.05, 0.1) is 6.54 Å². The highest BCUT2D eigenvalue weighted by Crippen LogP contribution is 2.17. The van der Waals surface area contributed by atoms with Crippen molar-refractivity contribution in [3.63, 3.8) is 0 Å². The Kier molecular flexibility index (Phi) is 6.24. The van der Waals surface area contributed by atoms with Crippen LogP contribution in [0.5, 0.6) is 0 Å². The molecule has 1 saturated carbocycles. The summed E-state index contributed by atoms with van der Waals surface area (Å²) in [6, 6.07) is 6.56. The molecule has 0 atom stereocenters. The molecule has 2 rings (SSSR count). The summed E-state index contributed by atoms with van der Waals surface area (Å²) < 4.78 is 0. The van der Waals surface area contributed by atoms with Gasteiger partial charge < -0.3 is 10.6 Å². The molecule has 0 aliphatic heterocycles. The molecule has 2 N–H and O–H groups in total. The molecule has 0 bridgehead atoms. The van der Waals surface area contributed by atoms with Crippen LogP contribution >= 0.6 is 0 Å². The number of rotatable bonds is 4. The number of amides is 1. The molecule has 0 aromatic heterocycles. The minimum absolute atomic E-state index is 0.0558. The van der Waals surface area contributed by atoms with Crippen LogP contribution in [0.4, 0.5) is 5.69 Å². The van der Waals surface area contributed by atoms with Crippen LogP contribution < -0.4 is 10.6 Å². The second-order valence-corrected chi connectivity index (χ2v) is 6.27. The number of aryl methyl sites for hydroxylation is 2. The second-order valence-electron chi connectivity index (χ2n) is 6.27. The van der Waals surface area contributed by atoms with Crippen molar-refractivity contribution in [2.24, 2.45) is 0 Å². The Morgan fingerprint density at radius 1 is 1.05 bits per heavy atom. The number of anilines is 1. The first-order chi connectivity index (χ1) is 10.1. The molecule has 1 amide bonds. The van der Waals surface area contributed by atoms with Gasteiger partial charge in [0.2, 0.25) is 5.91 Å². The molecule has 3 heteroatoms. The first kappa shape index (κ1) is 16.0. The zero-order valence-electron chi connectivity index (χ0n) is 13.4. The number of carbonyl (C=O) groups excluding carboxylic acids is 1. The first-order valence-corrected chi connectivity index (χ1v) is 8.25. The van der Waals surface area contributed by atoms with E-state index >= 15 is 0 Å². The Labute approximate surface area is 128 Å². The summed E-state index contributed by atoms with van der Waals surface area (Å²) in [5, 5.41) is 6.40. The van der Waals surface area contributed by atoms with E-state index in [9.17, 15) is 4.79 Å². The zero-order chi connectivity index (χ0) is 15.1. The second kappa shape index (κ2) is 8.18. The molecule has 1 aliphatic carbocycles. The lowest BCUT2D eigenvalue weighted by molar-refractivity contribution is -0.115. The van der Waals surface area contributed by atoms with Crippen molar-refractivity contribution in [1.82, 2.24) is 5.32 Å². The van der Waals surface area contributed by atoms with Gasteiger partial charge in [-0.15, -0.1) is 0 Å². The van der Waals surface area contributed by atoms with Gasteiger partial charge in [0.25, 0.3) is 0 Å². The van der Waals surface area contributed by atoms with Crippen LogP contribution in [0.1, 0.15) is 56.1 Å². The van der Waals surface area contributed by atoms with Gasteiger partial charge in [0.15, 0.2) is 0 Å². The Hall–Kier alpha value is -1.35. The van der Waals surface area contributed by atoms with Crippen molar-refractivity contribution in [3.05, 3.63) is 29.3 Å². The van der Waals surface area contributed by atoms with E-state index in [0.29, 0.717) is 12.6 Å². The van der Waals surface area contributed by atoms with E-state index in [1.807, 2.05) is 18.2 Å². The number of hydrogen-bond acceptors (Lipinski definition) is 2. The van der Waals surface area contributed by atoms with Crippen LogP contribution in [0.2, 0.25) is 0 Å². The minimum atomic E-state index is 0.0558. The Bertz CT molecular complexity index is 462. The summed E-state index contributed by atoms with van der Waals surface area (Å²) in [6.45, 7) is 4.56. The first-order valence-electron chi connectivity index (χ1n) is 8.25. The van der Waals surface area contributed by atoms with Gasteiger partial charge >= 0.3 is 0 Å². The molecule has 116 valence electrons. The predicted molar refractivity (Wildman–Crippen MR) is 88.7 cm³/mol. The maximum Gasteiger partial charge on any atom is 0.238 e. The third kappa shape index (κ3) is 5.50. The largest absolute Gasteiger partial charge is 0.325 e. The molecule has 0 radical (unpaired) electrons. The number of carbonyl (C=O) groups is 1. The molecule has 21 heavy (non-hydrogen) atoms. The summed E-state index contributed by atoms with van der Waals surface area (Å²) in [6.07, 6.45) is 9.04. The molecule has 0 heterocycles. The maximum absolute atomic E-state index is 12.0. The van der Waals surface area contributed by atoms with Crippen molar-refractivity contribution < 1.29 is 4.79 Å². The lowest BCUT2D eigenvalue weighted by Crippen LogP contribution is -2.36. The van der Waals surface area contributed by atoms with Gasteiger partial charge in [-0.2, -0.15) is 0 Å². The highest BCUT2D eigenvalue weighted by molar-refractivity contribution is 5.92. The fourth-order valence-corrected chi connectivity index (χ4v) is 2.92. The van der Waals surface area contributed by atoms with E-state index in [2.05, 4.69) is 24.5 Å². The van der Waals surface area contributed by atoms with Gasteiger partial charge in [-0.3, -0.25) is 4.79 Å². The number of hydrogen-bond donors (Lipinski definition) is 2. The molecule has 3 nitrogen and oxygen atoms in total. The minimum Gasteiger partial charge on any atom is -0.325 e. The van der Waals surface area contributed by atoms with Crippen molar-refractivity contribution in [3.8, 4) is 0 Å². The Balaban J connectivity index is 1.77. The topological polar surface area (TPSA) is 41.1 Å². The number of nitrogens with one attached hydrogen (secondary N) is 2. The summed E-state index contributed by atoms with van der Waals surface area (Å²) >= 11 is 0. The normalized spacial score (nSPS) is 17.0. The fraction of sp³-hybridized carbons (Fsp3) is 0.611. The molecule has 1 aliphatic rings. The summed E-state index contributed by atoms with van der Waals surface area (Å²) in [7, 11) is 0. The molecule has 1 aromatic carbocycles. The SMILES string of the molecule is Cc1ccc(NC(=O)CNC2CCCCCCC2)cc1C. The molecule has 1 fully saturated rings. The number of benzene rings is 1. The monoisotopic (exact) mass is 288 g/mol. The summed E-state index contributed by atoms with van der Waals surface area (Å²) in [5.74, 6) is 0.0558. The van der Waals surface area contributed by atoms with Crippen molar-refractivity contribution in [2.75, 3.05) is 11.9 Å². The molecular weight excluding hydrogens is 260 g/mol. The van der Waals surface area contributed by atoms with Gasteiger partial charge in [-0.1, -0.05) is 38.2 Å². The lowest BCUT2D eigenvalue weighted by atomic mass is 9.97. The molecule has 1 aromatic rings. The highest BCUT2D eigenvalue weighted by Gasteiger charge is 2.12. The zero-order valence-corrected chi connectivity index (χ0v) is 13.4. The summed E-state index contributed by atoms with van der Waals surface area (Å²) in [4.78, 5) is 12.0. The van der Waals surface area contributed by atoms with E-state index in [-0.39, 0.29) is 5.91 Å². The Morgan fingerprint density at radius 3 is 2.38 bits per heavy atom. The van der Waals surface area contributed by atoms with Crippen LogP contribution in [-0.4, -0.2) is 18.5 Å². The summed E-state index contributed by atoms with van der Waals surface area (Å²) in [5.41, 5.74) is 3.35. The van der Waals surface area contributed by atoms with Crippen LogP contribution in [0, 0.1) is 13.8 Å². The average molecular weight is 288 g/mol. The van der Waals surface area contributed by atoms with Crippen LogP contribution in [0.15, 0.2) is 18.2 Å². The van der Waals surface area contributed by atoms with E-state index in [1.165, 1.54) is 56.1 Å². The fourth-order valence-electron chi connectivity index (χ4n) is 2.92. The van der Waals surface area contributed by atoms with E-state index in [4.69, 9.17) is 0 Å². The van der Waals surface area contributed by atoms with Crippen LogP contribution in [0.3, 0.4) is 0 Å². The van der Waals surface area contributed by atoms with Gasteiger partial charge in [-0.05, 0) is 49.9 Å². The van der Waals surface area contributed by atoms with Gasteiger partial charge in [-0.25, -0.2) is 0 Å². The molecule has 0 unspecified atom stereocenters. The third-order valence-corrected chi connectivity index (χ3v) is 4.45. The van der Waals surface area contributed by atoms with Crippen molar-refractivity contribution >= 4 is 11.6 Å². The predicted octanol–water partition coefficient (Wildman–Crippen LogP) is 3.94. The van der Waals surface area contributed by atoms with E-state index in [1.54, 1.807) is 0 Å². The molecular formula is C18H28N2O. The lowest BCUT2D eigenvalue weighted by Gasteiger charge is -2.20. The van der Waals surface area contributed by atoms with E-state index in [0.717, 1.165) is 5.69 Å². The standard InChI is InChI=1S/C18H28N2O/c1-14-10-11-17(12-15(14)2)20-18(21)13-19-16-8-6-4-3-5-7-9-16/h10-12,16,19H,3-9,13H2,1-2H3,(H,20,21). The Morgan fingerprint density at radius 2 is 1.71 bits per heavy atom. The highest BCUT2D eigenvalue weighted by atomic mass is 16.1. The third-order valence-electron chi connectivity index (χ3n) is 4.45.